The van der Waals surface area contributed by atoms with Crippen LogP contribution in [0.1, 0.15) is 18.9 Å². The molecule has 0 bridgehead atoms. The first kappa shape index (κ1) is 15.0. The highest BCUT2D eigenvalue weighted by atomic mass is 32.2. The van der Waals surface area contributed by atoms with Crippen molar-refractivity contribution in [1.29, 1.82) is 5.26 Å². The minimum absolute atomic E-state index is 0.218. The van der Waals surface area contributed by atoms with E-state index in [1.54, 1.807) is 37.3 Å². The van der Waals surface area contributed by atoms with E-state index in [0.29, 0.717) is 11.3 Å². The molecular formula is C13H14N2O3S. The van der Waals surface area contributed by atoms with Gasteiger partial charge in [0.25, 0.3) is 0 Å². The topological polar surface area (TPSA) is 90.2 Å². The lowest BCUT2D eigenvalue weighted by Crippen LogP contribution is -2.25. The Morgan fingerprint density at radius 1 is 1.47 bits per heavy atom. The van der Waals surface area contributed by atoms with Crippen LogP contribution < -0.4 is 4.72 Å². The maximum Gasteiger partial charge on any atom is 0.249 e. The Balaban J connectivity index is 2.98. The number of hydrogen-bond acceptors (Lipinski definition) is 4. The van der Waals surface area contributed by atoms with Crippen LogP contribution in [0.4, 0.5) is 5.69 Å². The Kier molecular flexibility index (Phi) is 5.37. The molecule has 6 heteroatoms. The molecule has 0 spiro atoms. The smallest absolute Gasteiger partial charge is 0.249 e. The van der Waals surface area contributed by atoms with E-state index in [4.69, 9.17) is 10.4 Å². The van der Waals surface area contributed by atoms with Crippen molar-refractivity contribution < 1.29 is 13.5 Å². The summed E-state index contributed by atoms with van der Waals surface area (Å²) in [5.41, 5.74) is 0.928. The molecule has 0 fully saturated rings. The van der Waals surface area contributed by atoms with Crippen LogP contribution >= 0.6 is 0 Å². The first-order chi connectivity index (χ1) is 9.03. The van der Waals surface area contributed by atoms with Crippen molar-refractivity contribution in [3.05, 3.63) is 29.8 Å². The number of aliphatic hydroxyl groups excluding tert-OH is 1. The van der Waals surface area contributed by atoms with E-state index in [0.717, 1.165) is 0 Å². The van der Waals surface area contributed by atoms with Crippen LogP contribution in [0.15, 0.2) is 24.3 Å². The van der Waals surface area contributed by atoms with Gasteiger partial charge < -0.3 is 5.11 Å². The molecule has 1 aromatic carbocycles. The zero-order chi connectivity index (χ0) is 14.3. The monoisotopic (exact) mass is 278 g/mol. The van der Waals surface area contributed by atoms with Gasteiger partial charge in [-0.25, -0.2) is 8.42 Å². The molecule has 0 radical (unpaired) electrons. The summed E-state index contributed by atoms with van der Waals surface area (Å²) in [7, 11) is -3.72. The van der Waals surface area contributed by atoms with Crippen molar-refractivity contribution in [2.75, 3.05) is 11.3 Å². The summed E-state index contributed by atoms with van der Waals surface area (Å²) in [6, 6.07) is 8.21. The third kappa shape index (κ3) is 4.29. The van der Waals surface area contributed by atoms with Gasteiger partial charge in [0, 0.05) is 11.3 Å². The second-order valence-corrected chi connectivity index (χ2v) is 5.58. The summed E-state index contributed by atoms with van der Waals surface area (Å²) in [4.78, 5) is 0. The fraction of sp³-hybridized carbons (Fsp3) is 0.308. The highest BCUT2D eigenvalue weighted by Crippen LogP contribution is 2.15. The van der Waals surface area contributed by atoms with Crippen LogP contribution in [0.5, 0.6) is 0 Å². The minimum Gasteiger partial charge on any atom is -0.384 e. The lowest BCUT2D eigenvalue weighted by Gasteiger charge is -2.11. The van der Waals surface area contributed by atoms with Gasteiger partial charge in [-0.15, -0.1) is 0 Å². The van der Waals surface area contributed by atoms with Gasteiger partial charge in [-0.2, -0.15) is 5.26 Å². The second-order valence-electron chi connectivity index (χ2n) is 3.71. The van der Waals surface area contributed by atoms with E-state index in [2.05, 4.69) is 16.6 Å². The van der Waals surface area contributed by atoms with Crippen molar-refractivity contribution in [3.8, 4) is 17.9 Å². The standard InChI is InChI=1S/C13H14N2O3S/c1-2-13(10-14)19(17,18)15-12-7-3-5-11(9-12)6-4-8-16/h3,5,7,9,13,15-16H,2,8H2,1H3. The van der Waals surface area contributed by atoms with Gasteiger partial charge in [-0.1, -0.05) is 24.8 Å². The van der Waals surface area contributed by atoms with Crippen molar-refractivity contribution in [2.24, 2.45) is 0 Å². The highest BCUT2D eigenvalue weighted by molar-refractivity contribution is 7.93. The number of nitrogens with zero attached hydrogens (tertiary/aromatic N) is 1. The maximum atomic E-state index is 11.9. The number of hydrogen-bond donors (Lipinski definition) is 2. The zero-order valence-electron chi connectivity index (χ0n) is 10.4. The highest BCUT2D eigenvalue weighted by Gasteiger charge is 2.23. The number of anilines is 1. The van der Waals surface area contributed by atoms with Gasteiger partial charge in [-0.3, -0.25) is 4.72 Å². The lowest BCUT2D eigenvalue weighted by molar-refractivity contribution is 0.350. The van der Waals surface area contributed by atoms with E-state index < -0.39 is 15.3 Å². The Morgan fingerprint density at radius 2 is 2.21 bits per heavy atom. The van der Waals surface area contributed by atoms with Crippen molar-refractivity contribution in [3.63, 3.8) is 0 Å². The Bertz CT molecular complexity index is 636. The third-order valence-corrected chi connectivity index (χ3v) is 4.03. The van der Waals surface area contributed by atoms with Crippen LogP contribution in [0.25, 0.3) is 0 Å². The molecule has 0 aliphatic rings. The average molecular weight is 278 g/mol. The summed E-state index contributed by atoms with van der Waals surface area (Å²) in [5, 5.41) is 16.3. The van der Waals surface area contributed by atoms with E-state index >= 15 is 0 Å². The molecule has 0 aromatic heterocycles. The van der Waals surface area contributed by atoms with E-state index in [-0.39, 0.29) is 13.0 Å². The number of benzene rings is 1. The number of sulfonamides is 1. The summed E-state index contributed by atoms with van der Waals surface area (Å²) in [6.07, 6.45) is 0.218. The van der Waals surface area contributed by atoms with E-state index in [1.165, 1.54) is 0 Å². The average Bonchev–Trinajstić information content (AvgIpc) is 2.37. The molecule has 2 N–H and O–H groups in total. The van der Waals surface area contributed by atoms with Crippen LogP contribution in [-0.2, 0) is 10.0 Å². The van der Waals surface area contributed by atoms with Crippen molar-refractivity contribution in [2.45, 2.75) is 18.6 Å². The number of aliphatic hydroxyl groups is 1. The van der Waals surface area contributed by atoms with E-state index in [1.807, 2.05) is 0 Å². The van der Waals surface area contributed by atoms with Gasteiger partial charge in [0.1, 0.15) is 6.61 Å². The van der Waals surface area contributed by atoms with Gasteiger partial charge in [0.05, 0.1) is 6.07 Å². The summed E-state index contributed by atoms with van der Waals surface area (Å²) < 4.78 is 26.1. The fourth-order valence-corrected chi connectivity index (χ4v) is 2.59. The van der Waals surface area contributed by atoms with Crippen molar-refractivity contribution >= 4 is 15.7 Å². The number of nitrogens with one attached hydrogen (secondary N) is 1. The quantitative estimate of drug-likeness (QED) is 0.806. The molecular weight excluding hydrogens is 264 g/mol. The molecule has 19 heavy (non-hydrogen) atoms. The minimum atomic E-state index is -3.72. The molecule has 0 heterocycles. The van der Waals surface area contributed by atoms with Crippen LogP contribution in [0.2, 0.25) is 0 Å². The summed E-state index contributed by atoms with van der Waals surface area (Å²) in [6.45, 7) is 1.37. The van der Waals surface area contributed by atoms with Crippen molar-refractivity contribution in [1.82, 2.24) is 0 Å². The maximum absolute atomic E-state index is 11.9. The van der Waals surface area contributed by atoms with Crippen LogP contribution in [-0.4, -0.2) is 25.4 Å². The molecule has 0 aliphatic carbocycles. The predicted octanol–water partition coefficient (Wildman–Crippen LogP) is 1.07. The lowest BCUT2D eigenvalue weighted by atomic mass is 10.2. The molecule has 0 aliphatic heterocycles. The molecule has 1 aromatic rings. The summed E-state index contributed by atoms with van der Waals surface area (Å²) in [5.74, 6) is 5.15. The molecule has 1 rings (SSSR count). The van der Waals surface area contributed by atoms with Gasteiger partial charge in [0.2, 0.25) is 10.0 Å². The SMILES string of the molecule is CCC(C#N)S(=O)(=O)Nc1cccc(C#CCO)c1. The van der Waals surface area contributed by atoms with E-state index in [9.17, 15) is 8.42 Å². The number of nitriles is 1. The first-order valence-corrected chi connectivity index (χ1v) is 7.19. The first-order valence-electron chi connectivity index (χ1n) is 5.64. The molecule has 1 atom stereocenters. The van der Waals surface area contributed by atoms with Gasteiger partial charge in [0.15, 0.2) is 5.25 Å². The van der Waals surface area contributed by atoms with Crippen LogP contribution in [0, 0.1) is 23.2 Å². The molecule has 100 valence electrons. The Labute approximate surface area is 112 Å². The summed E-state index contributed by atoms with van der Waals surface area (Å²) >= 11 is 0. The largest absolute Gasteiger partial charge is 0.384 e. The predicted molar refractivity (Wildman–Crippen MR) is 72.6 cm³/mol. The van der Waals surface area contributed by atoms with Crippen LogP contribution in [0.3, 0.4) is 0 Å². The Morgan fingerprint density at radius 3 is 2.79 bits per heavy atom. The Hall–Kier alpha value is -2.02. The normalized spacial score (nSPS) is 11.8. The molecule has 0 saturated carbocycles. The molecule has 5 nitrogen and oxygen atoms in total. The molecule has 1 unspecified atom stereocenters. The van der Waals surface area contributed by atoms with Gasteiger partial charge in [-0.05, 0) is 24.6 Å². The fourth-order valence-electron chi connectivity index (χ4n) is 1.42. The van der Waals surface area contributed by atoms with Gasteiger partial charge >= 0.3 is 0 Å². The third-order valence-electron chi connectivity index (χ3n) is 2.32. The molecule has 0 amide bonds. The zero-order valence-corrected chi connectivity index (χ0v) is 11.2. The number of rotatable bonds is 4. The molecule has 0 saturated heterocycles. The second kappa shape index (κ2) is 6.79.